The summed E-state index contributed by atoms with van der Waals surface area (Å²) in [5, 5.41) is 0.847. The van der Waals surface area contributed by atoms with Crippen molar-refractivity contribution in [2.45, 2.75) is 24.9 Å². The van der Waals surface area contributed by atoms with Gasteiger partial charge in [-0.15, -0.1) is 0 Å². The van der Waals surface area contributed by atoms with E-state index in [-0.39, 0.29) is 0 Å². The maximum atomic E-state index is 11.6. The van der Waals surface area contributed by atoms with Gasteiger partial charge in [-0.3, -0.25) is 4.79 Å². The van der Waals surface area contributed by atoms with Gasteiger partial charge in [0.1, 0.15) is 5.78 Å². The van der Waals surface area contributed by atoms with Crippen LogP contribution in [-0.4, -0.2) is 21.5 Å². The minimum absolute atomic E-state index is 0.342. The zero-order valence-corrected chi connectivity index (χ0v) is 10.5. The number of carbonyl (C=O) groups excluding carboxylic acids is 1. The molecule has 1 aromatic heterocycles. The molecule has 2 aromatic rings. The standard InChI is InChI=1S/C13H14N2OS/c1-8-2-5-10-11(6-8)15-13(14-10)17-7-12(16)9-3-4-9/h2,5-6,9H,3-4,7H2,1H3,(H,14,15). The molecule has 0 bridgehead atoms. The van der Waals surface area contributed by atoms with E-state index >= 15 is 0 Å². The molecule has 0 spiro atoms. The molecule has 1 heterocycles. The van der Waals surface area contributed by atoms with Crippen molar-refractivity contribution >= 4 is 28.6 Å². The third kappa shape index (κ3) is 2.36. The first-order valence-corrected chi connectivity index (χ1v) is 6.83. The fourth-order valence-electron chi connectivity index (χ4n) is 1.83. The van der Waals surface area contributed by atoms with Crippen molar-refractivity contribution in [1.82, 2.24) is 9.97 Å². The number of fused-ring (bicyclic) bond motifs is 1. The number of H-pyrrole nitrogens is 1. The molecule has 1 N–H and O–H groups in total. The number of aromatic amines is 1. The highest BCUT2D eigenvalue weighted by molar-refractivity contribution is 7.99. The molecule has 17 heavy (non-hydrogen) atoms. The number of benzene rings is 1. The average Bonchev–Trinajstić information content (AvgIpc) is 3.07. The Morgan fingerprint density at radius 2 is 2.35 bits per heavy atom. The van der Waals surface area contributed by atoms with Crippen LogP contribution < -0.4 is 0 Å². The first-order valence-electron chi connectivity index (χ1n) is 5.84. The number of thioether (sulfide) groups is 1. The van der Waals surface area contributed by atoms with Crippen LogP contribution in [0.5, 0.6) is 0 Å². The van der Waals surface area contributed by atoms with Crippen LogP contribution in [0.15, 0.2) is 23.4 Å². The van der Waals surface area contributed by atoms with Crippen LogP contribution in [0, 0.1) is 12.8 Å². The Labute approximate surface area is 104 Å². The highest BCUT2D eigenvalue weighted by Crippen LogP contribution is 2.32. The van der Waals surface area contributed by atoms with Gasteiger partial charge in [-0.1, -0.05) is 17.8 Å². The molecular formula is C13H14N2OS. The third-order valence-electron chi connectivity index (χ3n) is 3.00. The maximum Gasteiger partial charge on any atom is 0.166 e. The molecule has 0 unspecified atom stereocenters. The number of nitrogens with zero attached hydrogens (tertiary/aromatic N) is 1. The van der Waals surface area contributed by atoms with Gasteiger partial charge in [0.2, 0.25) is 0 Å². The SMILES string of the molecule is Cc1ccc2nc(SCC(=O)C3CC3)[nH]c2c1. The van der Waals surface area contributed by atoms with Crippen molar-refractivity contribution < 1.29 is 4.79 Å². The lowest BCUT2D eigenvalue weighted by Gasteiger charge is -1.94. The normalized spacial score (nSPS) is 15.4. The van der Waals surface area contributed by atoms with Gasteiger partial charge in [0, 0.05) is 5.92 Å². The van der Waals surface area contributed by atoms with Crippen LogP contribution >= 0.6 is 11.8 Å². The van der Waals surface area contributed by atoms with Crippen molar-refractivity contribution in [2.24, 2.45) is 5.92 Å². The minimum Gasteiger partial charge on any atom is -0.333 e. The maximum absolute atomic E-state index is 11.6. The lowest BCUT2D eigenvalue weighted by molar-refractivity contribution is -0.117. The number of rotatable bonds is 4. The molecule has 1 fully saturated rings. The van der Waals surface area contributed by atoms with E-state index in [0.717, 1.165) is 29.0 Å². The van der Waals surface area contributed by atoms with E-state index in [1.807, 2.05) is 12.1 Å². The van der Waals surface area contributed by atoms with Gasteiger partial charge in [-0.2, -0.15) is 0 Å². The first-order chi connectivity index (χ1) is 8.22. The van der Waals surface area contributed by atoms with E-state index in [1.54, 1.807) is 0 Å². The monoisotopic (exact) mass is 246 g/mol. The Kier molecular flexibility index (Phi) is 2.67. The van der Waals surface area contributed by atoms with Gasteiger partial charge in [-0.25, -0.2) is 4.98 Å². The molecule has 0 saturated heterocycles. The molecule has 3 rings (SSSR count). The van der Waals surface area contributed by atoms with Crippen molar-refractivity contribution in [3.63, 3.8) is 0 Å². The second kappa shape index (κ2) is 4.18. The van der Waals surface area contributed by atoms with E-state index in [0.29, 0.717) is 17.5 Å². The Morgan fingerprint density at radius 3 is 3.12 bits per heavy atom. The predicted octanol–water partition coefficient (Wildman–Crippen LogP) is 2.94. The quantitative estimate of drug-likeness (QED) is 0.844. The summed E-state index contributed by atoms with van der Waals surface area (Å²) < 4.78 is 0. The lowest BCUT2D eigenvalue weighted by Crippen LogP contribution is -2.03. The van der Waals surface area contributed by atoms with Gasteiger partial charge in [-0.05, 0) is 37.5 Å². The molecule has 4 heteroatoms. The van der Waals surface area contributed by atoms with Crippen molar-refractivity contribution in [3.8, 4) is 0 Å². The number of carbonyl (C=O) groups is 1. The fraction of sp³-hybridized carbons (Fsp3) is 0.385. The van der Waals surface area contributed by atoms with Crippen LogP contribution in [0.1, 0.15) is 18.4 Å². The van der Waals surface area contributed by atoms with Crippen LogP contribution in [0.2, 0.25) is 0 Å². The number of ketones is 1. The van der Waals surface area contributed by atoms with Crippen molar-refractivity contribution in [2.75, 3.05) is 5.75 Å². The van der Waals surface area contributed by atoms with Gasteiger partial charge in [0.15, 0.2) is 5.16 Å². The van der Waals surface area contributed by atoms with E-state index in [9.17, 15) is 4.79 Å². The highest BCUT2D eigenvalue weighted by atomic mass is 32.2. The Balaban J connectivity index is 1.74. The Hall–Kier alpha value is -1.29. The zero-order valence-electron chi connectivity index (χ0n) is 9.69. The number of hydrogen-bond donors (Lipinski definition) is 1. The number of Topliss-reactive ketones (excluding diaryl/α,β-unsaturated/α-hetero) is 1. The van der Waals surface area contributed by atoms with E-state index in [4.69, 9.17) is 0 Å². The topological polar surface area (TPSA) is 45.8 Å². The summed E-state index contributed by atoms with van der Waals surface area (Å²) in [6.07, 6.45) is 2.16. The fourth-order valence-corrected chi connectivity index (χ4v) is 2.69. The smallest absolute Gasteiger partial charge is 0.166 e. The Morgan fingerprint density at radius 1 is 1.53 bits per heavy atom. The largest absolute Gasteiger partial charge is 0.333 e. The molecule has 3 nitrogen and oxygen atoms in total. The number of aromatic nitrogens is 2. The summed E-state index contributed by atoms with van der Waals surface area (Å²) in [4.78, 5) is 19.3. The van der Waals surface area contributed by atoms with Crippen LogP contribution in [0.4, 0.5) is 0 Å². The summed E-state index contributed by atoms with van der Waals surface area (Å²) in [6, 6.07) is 6.13. The minimum atomic E-state index is 0.342. The van der Waals surface area contributed by atoms with Crippen LogP contribution in [-0.2, 0) is 4.79 Å². The van der Waals surface area contributed by atoms with E-state index in [1.165, 1.54) is 17.3 Å². The van der Waals surface area contributed by atoms with Crippen LogP contribution in [0.3, 0.4) is 0 Å². The van der Waals surface area contributed by atoms with Gasteiger partial charge >= 0.3 is 0 Å². The second-order valence-corrected chi connectivity index (χ2v) is 5.56. The Bertz CT molecular complexity index is 572. The molecule has 1 aliphatic carbocycles. The molecule has 1 aliphatic rings. The van der Waals surface area contributed by atoms with E-state index in [2.05, 4.69) is 23.0 Å². The lowest BCUT2D eigenvalue weighted by atomic mass is 10.2. The first kappa shape index (κ1) is 10.8. The van der Waals surface area contributed by atoms with Gasteiger partial charge < -0.3 is 4.98 Å². The summed E-state index contributed by atoms with van der Waals surface area (Å²) in [6.45, 7) is 2.06. The molecule has 0 amide bonds. The number of hydrogen-bond acceptors (Lipinski definition) is 3. The van der Waals surface area contributed by atoms with Gasteiger partial charge in [0.05, 0.1) is 16.8 Å². The molecule has 1 aromatic carbocycles. The number of aryl methyl sites for hydroxylation is 1. The molecule has 0 atom stereocenters. The molecule has 88 valence electrons. The van der Waals surface area contributed by atoms with Crippen molar-refractivity contribution in [1.29, 1.82) is 0 Å². The average molecular weight is 246 g/mol. The predicted molar refractivity (Wildman–Crippen MR) is 69.3 cm³/mol. The molecule has 0 aliphatic heterocycles. The second-order valence-electron chi connectivity index (χ2n) is 4.59. The highest BCUT2D eigenvalue weighted by Gasteiger charge is 2.29. The third-order valence-corrected chi connectivity index (χ3v) is 3.90. The molecule has 0 radical (unpaired) electrons. The summed E-state index contributed by atoms with van der Waals surface area (Å²) in [7, 11) is 0. The molecular weight excluding hydrogens is 232 g/mol. The number of imidazole rings is 1. The van der Waals surface area contributed by atoms with Crippen molar-refractivity contribution in [3.05, 3.63) is 23.8 Å². The summed E-state index contributed by atoms with van der Waals surface area (Å²) in [5.41, 5.74) is 3.23. The summed E-state index contributed by atoms with van der Waals surface area (Å²) >= 11 is 1.51. The zero-order chi connectivity index (χ0) is 11.8. The van der Waals surface area contributed by atoms with Crippen LogP contribution in [0.25, 0.3) is 11.0 Å². The number of nitrogens with one attached hydrogen (secondary N) is 1. The van der Waals surface area contributed by atoms with E-state index < -0.39 is 0 Å². The molecule has 1 saturated carbocycles. The van der Waals surface area contributed by atoms with Gasteiger partial charge in [0.25, 0.3) is 0 Å². The summed E-state index contributed by atoms with van der Waals surface area (Å²) in [5.74, 6) is 1.25.